The molecule has 1 aliphatic heterocycles. The van der Waals surface area contributed by atoms with Gasteiger partial charge in [0, 0.05) is 34.5 Å². The number of carbonyl (C=O) groups excluding carboxylic acids is 2. The summed E-state index contributed by atoms with van der Waals surface area (Å²) < 4.78 is 15.6. The summed E-state index contributed by atoms with van der Waals surface area (Å²) in [4.78, 5) is 26.2. The molecule has 4 rings (SSSR count). The van der Waals surface area contributed by atoms with Crippen LogP contribution in [-0.2, 0) is 16.1 Å². The first-order valence-electron chi connectivity index (χ1n) is 9.33. The molecule has 0 fully saturated rings. The largest absolute Gasteiger partial charge is 0.488 e. The lowest BCUT2D eigenvalue weighted by Gasteiger charge is -2.16. The minimum absolute atomic E-state index is 0.161. The van der Waals surface area contributed by atoms with Gasteiger partial charge in [-0.1, -0.05) is 18.2 Å². The highest BCUT2D eigenvalue weighted by Crippen LogP contribution is 2.42. The monoisotopic (exact) mass is 424 g/mol. The number of fused-ring (bicyclic) bond motifs is 3. The van der Waals surface area contributed by atoms with Gasteiger partial charge in [-0.2, -0.15) is 0 Å². The predicted molar refractivity (Wildman–Crippen MR) is 115 cm³/mol. The Morgan fingerprint density at radius 1 is 1.03 bits per heavy atom. The maximum Gasteiger partial charge on any atom is 0.411 e. The molecule has 0 saturated heterocycles. The van der Waals surface area contributed by atoms with Gasteiger partial charge in [-0.05, 0) is 36.4 Å². The third kappa shape index (κ3) is 4.45. The number of thiophene rings is 1. The third-order valence-corrected chi connectivity index (χ3v) is 5.64. The number of hydrogen-bond donors (Lipinski definition) is 2. The fourth-order valence-electron chi connectivity index (χ4n) is 3.05. The smallest absolute Gasteiger partial charge is 0.411 e. The van der Waals surface area contributed by atoms with Crippen molar-refractivity contribution < 1.29 is 23.8 Å². The molecule has 1 aromatic heterocycles. The molecule has 2 amide bonds. The fraction of sp³-hybridized carbons (Fsp3) is 0.182. The first kappa shape index (κ1) is 19.9. The van der Waals surface area contributed by atoms with Gasteiger partial charge in [-0.15, -0.1) is 11.3 Å². The summed E-state index contributed by atoms with van der Waals surface area (Å²) in [6.07, 6.45) is -0.583. The summed E-state index contributed by atoms with van der Waals surface area (Å²) in [6, 6.07) is 16.5. The zero-order valence-electron chi connectivity index (χ0n) is 16.3. The number of rotatable bonds is 6. The van der Waals surface area contributed by atoms with E-state index in [0.29, 0.717) is 29.5 Å². The Hall–Kier alpha value is -3.36. The molecule has 0 aliphatic carbocycles. The second-order valence-electron chi connectivity index (χ2n) is 6.54. The Morgan fingerprint density at radius 3 is 2.67 bits per heavy atom. The Labute approximate surface area is 177 Å². The van der Waals surface area contributed by atoms with Gasteiger partial charge in [0.1, 0.15) is 19.0 Å². The number of nitrogens with one attached hydrogen (secondary N) is 2. The topological polar surface area (TPSA) is 85.9 Å². The van der Waals surface area contributed by atoms with E-state index < -0.39 is 6.09 Å². The lowest BCUT2D eigenvalue weighted by atomic mass is 10.1. The van der Waals surface area contributed by atoms with Crippen LogP contribution in [0.1, 0.15) is 15.2 Å². The summed E-state index contributed by atoms with van der Waals surface area (Å²) in [5, 5.41) is 5.50. The molecule has 0 bridgehead atoms. The molecule has 1 aliphatic rings. The maximum absolute atomic E-state index is 12.8. The van der Waals surface area contributed by atoms with Crippen molar-refractivity contribution in [2.45, 2.75) is 6.61 Å². The summed E-state index contributed by atoms with van der Waals surface area (Å²) >= 11 is 1.44. The van der Waals surface area contributed by atoms with Crippen molar-refractivity contribution >= 4 is 34.7 Å². The van der Waals surface area contributed by atoms with E-state index in [2.05, 4.69) is 10.6 Å². The highest BCUT2D eigenvalue weighted by atomic mass is 32.1. The Kier molecular flexibility index (Phi) is 5.97. The molecule has 0 saturated carbocycles. The average Bonchev–Trinajstić information content (AvgIpc) is 3.19. The van der Waals surface area contributed by atoms with Crippen molar-refractivity contribution in [3.63, 3.8) is 0 Å². The van der Waals surface area contributed by atoms with E-state index in [0.717, 1.165) is 21.8 Å². The molecule has 0 atom stereocenters. The van der Waals surface area contributed by atoms with Crippen molar-refractivity contribution in [3.05, 3.63) is 65.0 Å². The summed E-state index contributed by atoms with van der Waals surface area (Å²) in [6.45, 7) is 0.930. The van der Waals surface area contributed by atoms with Crippen LogP contribution < -0.4 is 15.4 Å². The number of amides is 2. The SMILES string of the molecule is COCCOC(=O)Nc1cccc(NC(=O)c2cc3c(s2)-c2ccccc2OC3)c1. The molecular weight excluding hydrogens is 404 g/mol. The zero-order valence-corrected chi connectivity index (χ0v) is 17.1. The van der Waals surface area contributed by atoms with Crippen molar-refractivity contribution in [2.75, 3.05) is 31.0 Å². The van der Waals surface area contributed by atoms with Gasteiger partial charge < -0.3 is 19.5 Å². The number of carbonyl (C=O) groups is 2. The van der Waals surface area contributed by atoms with Crippen molar-refractivity contribution in [1.82, 2.24) is 0 Å². The van der Waals surface area contributed by atoms with Gasteiger partial charge in [-0.3, -0.25) is 10.1 Å². The number of ether oxygens (including phenoxy) is 3. The molecule has 0 radical (unpaired) electrons. The molecule has 0 unspecified atom stereocenters. The number of hydrogen-bond acceptors (Lipinski definition) is 6. The molecule has 30 heavy (non-hydrogen) atoms. The quantitative estimate of drug-likeness (QED) is 0.558. The minimum atomic E-state index is -0.583. The normalized spacial score (nSPS) is 11.6. The van der Waals surface area contributed by atoms with Gasteiger partial charge in [0.2, 0.25) is 0 Å². The number of anilines is 2. The molecule has 2 aromatic carbocycles. The Bertz CT molecular complexity index is 1080. The second kappa shape index (κ2) is 8.98. The predicted octanol–water partition coefficient (Wildman–Crippen LogP) is 4.75. The maximum atomic E-state index is 12.8. The van der Waals surface area contributed by atoms with Gasteiger partial charge in [0.25, 0.3) is 5.91 Å². The molecule has 2 heterocycles. The van der Waals surface area contributed by atoms with Crippen LogP contribution in [0.2, 0.25) is 0 Å². The lowest BCUT2D eigenvalue weighted by Crippen LogP contribution is -2.16. The number of para-hydroxylation sites is 1. The number of benzene rings is 2. The standard InChI is InChI=1S/C22H20N2O5S/c1-27-9-10-28-22(26)24-16-6-4-5-15(12-16)23-21(25)19-11-14-13-29-18-8-3-2-7-17(18)20(14)30-19/h2-8,11-12H,9-10,13H2,1H3,(H,23,25)(H,24,26). The molecule has 3 aromatic rings. The van der Waals surface area contributed by atoms with E-state index in [9.17, 15) is 9.59 Å². The highest BCUT2D eigenvalue weighted by molar-refractivity contribution is 7.17. The van der Waals surface area contributed by atoms with Crippen LogP contribution in [0.15, 0.2) is 54.6 Å². The molecule has 8 heteroatoms. The van der Waals surface area contributed by atoms with Gasteiger partial charge >= 0.3 is 6.09 Å². The third-order valence-electron chi connectivity index (χ3n) is 4.44. The van der Waals surface area contributed by atoms with Crippen LogP contribution in [0.3, 0.4) is 0 Å². The average molecular weight is 424 g/mol. The van der Waals surface area contributed by atoms with Gasteiger partial charge in [-0.25, -0.2) is 4.79 Å². The first-order chi connectivity index (χ1) is 14.6. The van der Waals surface area contributed by atoms with Gasteiger partial charge in [0.05, 0.1) is 11.5 Å². The molecular formula is C22H20N2O5S. The highest BCUT2D eigenvalue weighted by Gasteiger charge is 2.22. The van der Waals surface area contributed by atoms with E-state index in [-0.39, 0.29) is 12.5 Å². The van der Waals surface area contributed by atoms with Crippen LogP contribution in [0.5, 0.6) is 5.75 Å². The van der Waals surface area contributed by atoms with Crippen LogP contribution >= 0.6 is 11.3 Å². The van der Waals surface area contributed by atoms with Crippen LogP contribution in [0, 0.1) is 0 Å². The van der Waals surface area contributed by atoms with Crippen LogP contribution in [0.25, 0.3) is 10.4 Å². The van der Waals surface area contributed by atoms with Crippen LogP contribution in [0.4, 0.5) is 16.2 Å². The number of methoxy groups -OCH3 is 1. The zero-order chi connectivity index (χ0) is 20.9. The molecule has 7 nitrogen and oxygen atoms in total. The van der Waals surface area contributed by atoms with E-state index >= 15 is 0 Å². The minimum Gasteiger partial charge on any atom is -0.488 e. The van der Waals surface area contributed by atoms with E-state index in [1.807, 2.05) is 30.3 Å². The Balaban J connectivity index is 1.44. The lowest BCUT2D eigenvalue weighted by molar-refractivity contribution is 0.103. The summed E-state index contributed by atoms with van der Waals surface area (Å²) in [5.74, 6) is 0.613. The van der Waals surface area contributed by atoms with E-state index in [4.69, 9.17) is 14.2 Å². The molecule has 0 spiro atoms. The fourth-order valence-corrected chi connectivity index (χ4v) is 4.14. The van der Waals surface area contributed by atoms with Crippen molar-refractivity contribution in [2.24, 2.45) is 0 Å². The Morgan fingerprint density at radius 2 is 1.83 bits per heavy atom. The molecule has 154 valence electrons. The first-order valence-corrected chi connectivity index (χ1v) is 10.1. The van der Waals surface area contributed by atoms with Gasteiger partial charge in [0.15, 0.2) is 0 Å². The van der Waals surface area contributed by atoms with Crippen LogP contribution in [-0.4, -0.2) is 32.3 Å². The summed E-state index contributed by atoms with van der Waals surface area (Å²) in [7, 11) is 1.53. The molecule has 2 N–H and O–H groups in total. The van der Waals surface area contributed by atoms with E-state index in [1.54, 1.807) is 24.3 Å². The summed E-state index contributed by atoms with van der Waals surface area (Å²) in [5.41, 5.74) is 3.08. The second-order valence-corrected chi connectivity index (χ2v) is 7.59. The van der Waals surface area contributed by atoms with E-state index in [1.165, 1.54) is 18.4 Å². The van der Waals surface area contributed by atoms with Crippen molar-refractivity contribution in [3.8, 4) is 16.2 Å². The van der Waals surface area contributed by atoms with Crippen molar-refractivity contribution in [1.29, 1.82) is 0 Å².